The lowest BCUT2D eigenvalue weighted by Crippen LogP contribution is -2.52. The topological polar surface area (TPSA) is 55.4 Å². The smallest absolute Gasteiger partial charge is 0.260 e. The number of rotatable bonds is 7. The van der Waals surface area contributed by atoms with Crippen molar-refractivity contribution in [1.29, 1.82) is 0 Å². The third kappa shape index (κ3) is 2.70. The normalized spacial score (nSPS) is 23.7. The summed E-state index contributed by atoms with van der Waals surface area (Å²) in [7, 11) is 0. The number of hydrogen-bond acceptors (Lipinski definition) is 3. The fourth-order valence-corrected chi connectivity index (χ4v) is 2.23. The molecule has 1 amide bonds. The Bertz CT molecular complexity index is 385. The van der Waals surface area contributed by atoms with Crippen LogP contribution in [0.25, 0.3) is 0 Å². The Morgan fingerprint density at radius 2 is 2.33 bits per heavy atom. The first-order valence-corrected chi connectivity index (χ1v) is 6.35. The zero-order chi connectivity index (χ0) is 13.0. The number of ether oxygens (including phenoxy) is 1. The van der Waals surface area contributed by atoms with Gasteiger partial charge in [-0.15, -0.1) is 0 Å². The van der Waals surface area contributed by atoms with E-state index in [-0.39, 0.29) is 6.10 Å². The van der Waals surface area contributed by atoms with Crippen molar-refractivity contribution in [2.45, 2.75) is 44.4 Å². The third-order valence-electron chi connectivity index (χ3n) is 3.51. The number of amides is 1. The first kappa shape index (κ1) is 13.0. The minimum absolute atomic E-state index is 0.0503. The van der Waals surface area contributed by atoms with E-state index in [1.165, 1.54) is 0 Å². The Hall–Kier alpha value is -1.42. The first-order chi connectivity index (χ1) is 8.72. The molecule has 1 N–H and O–H groups in total. The van der Waals surface area contributed by atoms with E-state index in [1.54, 1.807) is 0 Å². The van der Waals surface area contributed by atoms with Crippen LogP contribution in [0.1, 0.15) is 32.6 Å². The van der Waals surface area contributed by atoms with Gasteiger partial charge < -0.3 is 10.1 Å². The molecule has 18 heavy (non-hydrogen) atoms. The molecule has 0 aromatic heterocycles. The molecule has 2 atom stereocenters. The van der Waals surface area contributed by atoms with Gasteiger partial charge in [0.05, 0.1) is 6.10 Å². The fraction of sp³-hybridized carbons (Fsp3) is 0.571. The van der Waals surface area contributed by atoms with Gasteiger partial charge in [-0.25, -0.2) is 0 Å². The molecular formula is C14H18NO3. The summed E-state index contributed by atoms with van der Waals surface area (Å²) in [5.41, 5.74) is -0.645. The number of carbonyl (C=O) groups excluding carboxylic acids is 2. The van der Waals surface area contributed by atoms with Crippen molar-refractivity contribution in [2.75, 3.05) is 0 Å². The molecule has 0 aliphatic heterocycles. The molecule has 2 aliphatic rings. The van der Waals surface area contributed by atoms with Crippen molar-refractivity contribution in [2.24, 2.45) is 5.92 Å². The average molecular weight is 248 g/mol. The van der Waals surface area contributed by atoms with Crippen molar-refractivity contribution in [3.8, 4) is 0 Å². The minimum atomic E-state index is -1.41. The summed E-state index contributed by atoms with van der Waals surface area (Å²) >= 11 is 0. The van der Waals surface area contributed by atoms with E-state index in [0.29, 0.717) is 18.7 Å². The van der Waals surface area contributed by atoms with Gasteiger partial charge in [-0.3, -0.25) is 9.59 Å². The van der Waals surface area contributed by atoms with Crippen LogP contribution in [-0.4, -0.2) is 24.5 Å². The molecule has 2 unspecified atom stereocenters. The molecule has 0 saturated heterocycles. The standard InChI is InChI=1S/C14H18NO3/c1-11(12-7-8-12)18-14(9-16,15-10-17)13-5-3-2-4-6-13/h2-3,6,10-12H,4-5,7-8H2,1H3,(H,15,17). The predicted octanol–water partition coefficient (Wildman–Crippen LogP) is 1.63. The molecule has 2 rings (SSSR count). The van der Waals surface area contributed by atoms with Crippen molar-refractivity contribution in [3.05, 3.63) is 23.8 Å². The third-order valence-corrected chi connectivity index (χ3v) is 3.51. The number of allylic oxidation sites excluding steroid dienone is 3. The molecule has 4 heteroatoms. The van der Waals surface area contributed by atoms with Crippen molar-refractivity contribution in [1.82, 2.24) is 5.32 Å². The number of carbonyl (C=O) groups is 1. The molecule has 0 bridgehead atoms. The number of hydrogen-bond donors (Lipinski definition) is 1. The van der Waals surface area contributed by atoms with E-state index in [2.05, 4.69) is 5.32 Å². The Morgan fingerprint density at radius 3 is 2.83 bits per heavy atom. The first-order valence-electron chi connectivity index (χ1n) is 6.35. The molecule has 0 heterocycles. The van der Waals surface area contributed by atoms with Crippen molar-refractivity contribution < 1.29 is 14.3 Å². The van der Waals surface area contributed by atoms with Gasteiger partial charge in [-0.1, -0.05) is 18.2 Å². The molecule has 1 radical (unpaired) electrons. The molecule has 0 aromatic carbocycles. The second kappa shape index (κ2) is 5.48. The van der Waals surface area contributed by atoms with E-state index < -0.39 is 5.72 Å². The molecule has 1 fully saturated rings. The van der Waals surface area contributed by atoms with E-state index >= 15 is 0 Å². The summed E-state index contributed by atoms with van der Waals surface area (Å²) < 4.78 is 5.82. The fourth-order valence-electron chi connectivity index (χ4n) is 2.23. The lowest BCUT2D eigenvalue weighted by Gasteiger charge is -2.33. The maximum atomic E-state index is 11.4. The van der Waals surface area contributed by atoms with Crippen LogP contribution in [0.4, 0.5) is 0 Å². The Kier molecular flexibility index (Phi) is 3.97. The zero-order valence-electron chi connectivity index (χ0n) is 10.5. The van der Waals surface area contributed by atoms with Crippen LogP contribution < -0.4 is 5.32 Å². The second-order valence-corrected chi connectivity index (χ2v) is 4.85. The summed E-state index contributed by atoms with van der Waals surface area (Å²) in [6.07, 6.45) is 11.8. The highest BCUT2D eigenvalue weighted by molar-refractivity contribution is 5.73. The van der Waals surface area contributed by atoms with Gasteiger partial charge in [0.2, 0.25) is 12.1 Å². The lowest BCUT2D eigenvalue weighted by molar-refractivity contribution is -0.118. The Morgan fingerprint density at radius 1 is 1.56 bits per heavy atom. The quantitative estimate of drug-likeness (QED) is 0.423. The summed E-state index contributed by atoms with van der Waals surface area (Å²) in [6.45, 7) is 1.94. The van der Waals surface area contributed by atoms with Crippen LogP contribution in [0.3, 0.4) is 0 Å². The van der Waals surface area contributed by atoms with Crippen LogP contribution in [0.15, 0.2) is 23.8 Å². The van der Waals surface area contributed by atoms with E-state index in [0.717, 1.165) is 24.8 Å². The minimum Gasteiger partial charge on any atom is -0.342 e. The molecule has 1 saturated carbocycles. The van der Waals surface area contributed by atoms with E-state index in [4.69, 9.17) is 4.74 Å². The Balaban J connectivity index is 2.16. The summed E-state index contributed by atoms with van der Waals surface area (Å²) in [5.74, 6) is 0.492. The van der Waals surface area contributed by atoms with Gasteiger partial charge in [0.15, 0.2) is 0 Å². The molecule has 2 aliphatic carbocycles. The van der Waals surface area contributed by atoms with E-state index in [1.807, 2.05) is 31.4 Å². The predicted molar refractivity (Wildman–Crippen MR) is 67.4 cm³/mol. The average Bonchev–Trinajstić information content (AvgIpc) is 3.23. The van der Waals surface area contributed by atoms with Gasteiger partial charge >= 0.3 is 0 Å². The van der Waals surface area contributed by atoms with Crippen LogP contribution in [-0.2, 0) is 14.3 Å². The molecule has 97 valence electrons. The van der Waals surface area contributed by atoms with Gasteiger partial charge in [-0.05, 0) is 44.1 Å². The summed E-state index contributed by atoms with van der Waals surface area (Å²) in [6, 6.07) is 0. The highest BCUT2D eigenvalue weighted by Crippen LogP contribution is 2.37. The largest absolute Gasteiger partial charge is 0.342 e. The van der Waals surface area contributed by atoms with Gasteiger partial charge in [-0.2, -0.15) is 0 Å². The van der Waals surface area contributed by atoms with Crippen molar-refractivity contribution in [3.63, 3.8) is 0 Å². The van der Waals surface area contributed by atoms with Crippen LogP contribution in [0.2, 0.25) is 0 Å². The van der Waals surface area contributed by atoms with Crippen molar-refractivity contribution >= 4 is 12.7 Å². The maximum Gasteiger partial charge on any atom is 0.260 e. The molecule has 0 spiro atoms. The van der Waals surface area contributed by atoms with Gasteiger partial charge in [0.25, 0.3) is 6.29 Å². The lowest BCUT2D eigenvalue weighted by atomic mass is 9.95. The Labute approximate surface area is 107 Å². The summed E-state index contributed by atoms with van der Waals surface area (Å²) in [4.78, 5) is 22.1. The number of nitrogens with one attached hydrogen (secondary N) is 1. The van der Waals surface area contributed by atoms with Crippen LogP contribution in [0.5, 0.6) is 0 Å². The molecular weight excluding hydrogens is 230 g/mol. The summed E-state index contributed by atoms with van der Waals surface area (Å²) in [5, 5.41) is 2.50. The van der Waals surface area contributed by atoms with Gasteiger partial charge in [0.1, 0.15) is 0 Å². The van der Waals surface area contributed by atoms with E-state index in [9.17, 15) is 9.59 Å². The molecule has 4 nitrogen and oxygen atoms in total. The van der Waals surface area contributed by atoms with Gasteiger partial charge in [0, 0.05) is 0 Å². The highest BCUT2D eigenvalue weighted by atomic mass is 16.5. The van der Waals surface area contributed by atoms with Crippen LogP contribution >= 0.6 is 0 Å². The highest BCUT2D eigenvalue weighted by Gasteiger charge is 2.41. The second-order valence-electron chi connectivity index (χ2n) is 4.85. The SMILES string of the molecule is CC(OC([C]=O)(NC=O)C1=CCC=CC1)C1CC1. The zero-order valence-corrected chi connectivity index (χ0v) is 10.5. The van der Waals surface area contributed by atoms with Crippen LogP contribution in [0, 0.1) is 5.92 Å². The molecule has 0 aromatic rings. The monoisotopic (exact) mass is 248 g/mol. The maximum absolute atomic E-state index is 11.4.